The quantitative estimate of drug-likeness (QED) is 0.488. The molecule has 3 N–H and O–H groups in total. The monoisotopic (exact) mass is 491 g/mol. The Kier molecular flexibility index (Phi) is 5.98. The number of carboxylic acids is 1. The predicted octanol–water partition coefficient (Wildman–Crippen LogP) is 5.31. The summed E-state index contributed by atoms with van der Waals surface area (Å²) in [7, 11) is 0. The van der Waals surface area contributed by atoms with Crippen LogP contribution in [0.2, 0.25) is 0 Å². The number of amides is 1. The van der Waals surface area contributed by atoms with Gasteiger partial charge < -0.3 is 20.3 Å². The van der Waals surface area contributed by atoms with Crippen LogP contribution in [0.3, 0.4) is 0 Å². The standard InChI is InChI=1S/C30H37NO5/c32-27(31-26(28(33)34)29-13-20-12-21(14-29)16-30(35,15-20)18-29)24-11-10-22-8-4-5-9-23(22)25(24)36-17-19-6-2-1-3-7-19/h4-5,8-11,19-21,26,35H,1-3,6-7,12-18H2,(H,31,32)(H,33,34)/t20?,21?,26-,29?,30?/m1/s1. The third-order valence-electron chi connectivity index (χ3n) is 9.52. The van der Waals surface area contributed by atoms with Crippen LogP contribution in [0, 0.1) is 23.2 Å². The lowest BCUT2D eigenvalue weighted by atomic mass is 9.46. The van der Waals surface area contributed by atoms with Crippen molar-refractivity contribution in [2.24, 2.45) is 23.2 Å². The maximum atomic E-state index is 13.7. The van der Waals surface area contributed by atoms with Gasteiger partial charge in [0.25, 0.3) is 5.91 Å². The van der Waals surface area contributed by atoms with E-state index in [0.717, 1.165) is 55.7 Å². The normalized spacial score (nSPS) is 32.4. The number of carbonyl (C=O) groups is 2. The van der Waals surface area contributed by atoms with Gasteiger partial charge in [-0.2, -0.15) is 0 Å². The summed E-state index contributed by atoms with van der Waals surface area (Å²) in [6.07, 6.45) is 10.5. The maximum absolute atomic E-state index is 13.7. The van der Waals surface area contributed by atoms with Gasteiger partial charge in [0.2, 0.25) is 0 Å². The number of benzene rings is 2. The van der Waals surface area contributed by atoms with Crippen molar-refractivity contribution in [1.82, 2.24) is 5.32 Å². The number of ether oxygens (including phenoxy) is 1. The van der Waals surface area contributed by atoms with Crippen LogP contribution in [-0.2, 0) is 4.79 Å². The number of nitrogens with one attached hydrogen (secondary N) is 1. The van der Waals surface area contributed by atoms with Gasteiger partial charge in [-0.05, 0) is 80.6 Å². The third kappa shape index (κ3) is 4.27. The fraction of sp³-hybridized carbons (Fsp3) is 0.600. The SMILES string of the molecule is O=C(N[C@H](C(=O)O)C12CC3CC(CC(O)(C3)C1)C2)c1ccc2ccccc2c1OCC1CCCCC1. The van der Waals surface area contributed by atoms with E-state index >= 15 is 0 Å². The Hall–Kier alpha value is -2.60. The molecule has 5 aliphatic carbocycles. The molecule has 0 heterocycles. The molecule has 5 saturated carbocycles. The van der Waals surface area contributed by atoms with Crippen molar-refractivity contribution < 1.29 is 24.5 Å². The van der Waals surface area contributed by atoms with Gasteiger partial charge in [-0.15, -0.1) is 0 Å². The van der Waals surface area contributed by atoms with Crippen molar-refractivity contribution in [3.05, 3.63) is 42.0 Å². The van der Waals surface area contributed by atoms with Gasteiger partial charge in [0.15, 0.2) is 0 Å². The third-order valence-corrected chi connectivity index (χ3v) is 9.52. The molecule has 1 amide bonds. The molecule has 0 aliphatic heterocycles. The Bertz CT molecular complexity index is 1160. The number of aliphatic carboxylic acids is 1. The van der Waals surface area contributed by atoms with Gasteiger partial charge in [-0.3, -0.25) is 4.79 Å². The van der Waals surface area contributed by atoms with Crippen LogP contribution in [0.1, 0.15) is 81.0 Å². The van der Waals surface area contributed by atoms with Crippen LogP contribution < -0.4 is 10.1 Å². The van der Waals surface area contributed by atoms with Crippen LogP contribution in [0.25, 0.3) is 10.8 Å². The summed E-state index contributed by atoms with van der Waals surface area (Å²) in [5, 5.41) is 26.3. The van der Waals surface area contributed by atoms with E-state index in [4.69, 9.17) is 4.74 Å². The van der Waals surface area contributed by atoms with Crippen molar-refractivity contribution in [3.63, 3.8) is 0 Å². The average molecular weight is 492 g/mol. The number of carbonyl (C=O) groups excluding carboxylic acids is 1. The van der Waals surface area contributed by atoms with Crippen LogP contribution >= 0.6 is 0 Å². The molecule has 0 aromatic heterocycles. The molecule has 6 heteroatoms. The van der Waals surface area contributed by atoms with Gasteiger partial charge in [-0.1, -0.05) is 49.6 Å². The highest BCUT2D eigenvalue weighted by Gasteiger charge is 2.61. The maximum Gasteiger partial charge on any atom is 0.326 e. The molecule has 0 radical (unpaired) electrons. The van der Waals surface area contributed by atoms with E-state index < -0.39 is 28.9 Å². The van der Waals surface area contributed by atoms with Gasteiger partial charge in [0, 0.05) is 10.8 Å². The van der Waals surface area contributed by atoms with E-state index in [2.05, 4.69) is 5.32 Å². The van der Waals surface area contributed by atoms with E-state index in [-0.39, 0.29) is 0 Å². The topological polar surface area (TPSA) is 95.9 Å². The molecule has 6 nitrogen and oxygen atoms in total. The Morgan fingerprint density at radius 3 is 2.42 bits per heavy atom. The molecule has 2 aromatic carbocycles. The molecule has 192 valence electrons. The van der Waals surface area contributed by atoms with Gasteiger partial charge in [0.1, 0.15) is 11.8 Å². The Morgan fingerprint density at radius 2 is 1.72 bits per heavy atom. The second-order valence-electron chi connectivity index (χ2n) is 12.3. The van der Waals surface area contributed by atoms with Crippen LogP contribution in [0.15, 0.2) is 36.4 Å². The number of rotatable bonds is 7. The summed E-state index contributed by atoms with van der Waals surface area (Å²) in [5.41, 5.74) is -1.00. The van der Waals surface area contributed by atoms with Crippen LogP contribution in [-0.4, -0.2) is 40.3 Å². The van der Waals surface area contributed by atoms with Crippen molar-refractivity contribution in [2.75, 3.05) is 6.61 Å². The highest BCUT2D eigenvalue weighted by Crippen LogP contribution is 2.62. The number of hydrogen-bond acceptors (Lipinski definition) is 4. The summed E-state index contributed by atoms with van der Waals surface area (Å²) < 4.78 is 6.37. The fourth-order valence-corrected chi connectivity index (χ4v) is 8.44. The lowest BCUT2D eigenvalue weighted by molar-refractivity contribution is -0.181. The minimum absolute atomic E-state index is 0.338. The summed E-state index contributed by atoms with van der Waals surface area (Å²) in [5.74, 6) is 0.279. The smallest absolute Gasteiger partial charge is 0.326 e. The summed E-state index contributed by atoms with van der Waals surface area (Å²) in [4.78, 5) is 26.3. The molecule has 7 rings (SSSR count). The summed E-state index contributed by atoms with van der Waals surface area (Å²) in [6, 6.07) is 10.5. The number of aliphatic hydroxyl groups is 1. The fourth-order valence-electron chi connectivity index (χ4n) is 8.44. The molecular formula is C30H37NO5. The number of carboxylic acid groups (broad SMARTS) is 1. The molecule has 0 spiro atoms. The lowest BCUT2D eigenvalue weighted by Crippen LogP contribution is -2.64. The van der Waals surface area contributed by atoms with E-state index in [9.17, 15) is 19.8 Å². The minimum atomic E-state index is -1.03. The highest BCUT2D eigenvalue weighted by atomic mass is 16.5. The highest BCUT2D eigenvalue weighted by molar-refractivity contribution is 6.05. The number of hydrogen-bond donors (Lipinski definition) is 3. The molecule has 5 aliphatic rings. The van der Waals surface area contributed by atoms with Crippen LogP contribution in [0.5, 0.6) is 5.75 Å². The molecule has 2 unspecified atom stereocenters. The van der Waals surface area contributed by atoms with Gasteiger partial charge in [-0.25, -0.2) is 4.79 Å². The van der Waals surface area contributed by atoms with E-state index in [1.807, 2.05) is 30.3 Å². The zero-order valence-electron chi connectivity index (χ0n) is 20.9. The molecule has 4 bridgehead atoms. The molecule has 5 fully saturated rings. The second-order valence-corrected chi connectivity index (χ2v) is 12.3. The predicted molar refractivity (Wildman–Crippen MR) is 137 cm³/mol. The van der Waals surface area contributed by atoms with Crippen molar-refractivity contribution in [3.8, 4) is 5.75 Å². The first kappa shape index (κ1) is 23.8. The molecule has 2 aromatic rings. The Balaban J connectivity index is 1.30. The average Bonchev–Trinajstić information content (AvgIpc) is 2.84. The molecule has 36 heavy (non-hydrogen) atoms. The first-order chi connectivity index (χ1) is 17.3. The number of fused-ring (bicyclic) bond motifs is 1. The van der Waals surface area contributed by atoms with Crippen molar-refractivity contribution >= 4 is 22.6 Å². The zero-order valence-corrected chi connectivity index (χ0v) is 20.9. The molecular weight excluding hydrogens is 454 g/mol. The Labute approximate surface area is 212 Å². The second kappa shape index (κ2) is 9.05. The van der Waals surface area contributed by atoms with Crippen molar-refractivity contribution in [1.29, 1.82) is 0 Å². The van der Waals surface area contributed by atoms with E-state index in [0.29, 0.717) is 42.1 Å². The van der Waals surface area contributed by atoms with Crippen LogP contribution in [0.4, 0.5) is 0 Å². The zero-order chi connectivity index (χ0) is 24.9. The van der Waals surface area contributed by atoms with Crippen molar-refractivity contribution in [2.45, 2.75) is 82.3 Å². The van der Waals surface area contributed by atoms with Gasteiger partial charge in [0.05, 0.1) is 17.8 Å². The summed E-state index contributed by atoms with van der Waals surface area (Å²) in [6.45, 7) is 0.566. The minimum Gasteiger partial charge on any atom is -0.492 e. The molecule has 3 atom stereocenters. The first-order valence-corrected chi connectivity index (χ1v) is 13.7. The largest absolute Gasteiger partial charge is 0.492 e. The van der Waals surface area contributed by atoms with E-state index in [1.165, 1.54) is 19.3 Å². The summed E-state index contributed by atoms with van der Waals surface area (Å²) >= 11 is 0. The van der Waals surface area contributed by atoms with E-state index in [1.54, 1.807) is 6.07 Å². The first-order valence-electron chi connectivity index (χ1n) is 13.7. The lowest BCUT2D eigenvalue weighted by Gasteiger charge is -2.61. The Morgan fingerprint density at radius 1 is 1.00 bits per heavy atom. The van der Waals surface area contributed by atoms with Gasteiger partial charge >= 0.3 is 5.97 Å². The molecule has 0 saturated heterocycles.